The Bertz CT molecular complexity index is 739. The van der Waals surface area contributed by atoms with Gasteiger partial charge in [-0.1, -0.05) is 23.7 Å². The van der Waals surface area contributed by atoms with Crippen LogP contribution in [0.5, 0.6) is 0 Å². The van der Waals surface area contributed by atoms with Crippen LogP contribution in [0.2, 0.25) is 5.02 Å². The standard InChI is InChI=1S/C19H23ClN4O2/c20-15-4-1-3-14(11-15)17-12-24(8-10-26-17)19-21-7-6-18(23-19)22-16-5-2-9-25-13-16/h1,3-4,6-7,11,16-17H,2,5,8-10,12-13H2,(H,21,22,23). The lowest BCUT2D eigenvalue weighted by molar-refractivity contribution is 0.0392. The van der Waals surface area contributed by atoms with Crippen molar-refractivity contribution < 1.29 is 9.47 Å². The minimum Gasteiger partial charge on any atom is -0.379 e. The summed E-state index contributed by atoms with van der Waals surface area (Å²) >= 11 is 6.12. The average molecular weight is 375 g/mol. The van der Waals surface area contributed by atoms with E-state index in [1.807, 2.05) is 30.3 Å². The van der Waals surface area contributed by atoms with E-state index in [-0.39, 0.29) is 6.10 Å². The molecule has 2 unspecified atom stereocenters. The monoisotopic (exact) mass is 374 g/mol. The molecule has 26 heavy (non-hydrogen) atoms. The Labute approximate surface area is 158 Å². The molecule has 1 aromatic carbocycles. The maximum atomic E-state index is 6.12. The summed E-state index contributed by atoms with van der Waals surface area (Å²) in [6.45, 7) is 3.69. The van der Waals surface area contributed by atoms with Crippen molar-refractivity contribution in [3.63, 3.8) is 0 Å². The maximum Gasteiger partial charge on any atom is 0.227 e. The third-order valence-corrected chi connectivity index (χ3v) is 4.96. The quantitative estimate of drug-likeness (QED) is 0.886. The number of nitrogens with one attached hydrogen (secondary N) is 1. The number of ether oxygens (including phenoxy) is 2. The Balaban J connectivity index is 1.45. The van der Waals surface area contributed by atoms with Gasteiger partial charge >= 0.3 is 0 Å². The summed E-state index contributed by atoms with van der Waals surface area (Å²) in [5, 5.41) is 4.18. The van der Waals surface area contributed by atoms with E-state index in [9.17, 15) is 0 Å². The Kier molecular flexibility index (Phi) is 5.53. The van der Waals surface area contributed by atoms with Crippen molar-refractivity contribution in [3.8, 4) is 0 Å². The van der Waals surface area contributed by atoms with Crippen molar-refractivity contribution in [2.75, 3.05) is 43.1 Å². The van der Waals surface area contributed by atoms with Crippen molar-refractivity contribution in [2.45, 2.75) is 25.0 Å². The molecule has 0 radical (unpaired) electrons. The zero-order chi connectivity index (χ0) is 17.8. The first-order chi connectivity index (χ1) is 12.8. The highest BCUT2D eigenvalue weighted by Gasteiger charge is 2.24. The molecular weight excluding hydrogens is 352 g/mol. The second kappa shape index (κ2) is 8.20. The number of hydrogen-bond donors (Lipinski definition) is 1. The molecule has 1 aromatic heterocycles. The summed E-state index contributed by atoms with van der Waals surface area (Å²) in [6.07, 6.45) is 3.96. The Morgan fingerprint density at radius 1 is 1.23 bits per heavy atom. The fourth-order valence-corrected chi connectivity index (χ4v) is 3.58. The number of hydrogen-bond acceptors (Lipinski definition) is 6. The number of rotatable bonds is 4. The van der Waals surface area contributed by atoms with Gasteiger partial charge in [-0.2, -0.15) is 4.98 Å². The van der Waals surface area contributed by atoms with Gasteiger partial charge in [0.05, 0.1) is 25.8 Å². The minimum absolute atomic E-state index is 0.0330. The van der Waals surface area contributed by atoms with Gasteiger partial charge in [-0.25, -0.2) is 4.98 Å². The van der Waals surface area contributed by atoms with Crippen molar-refractivity contribution in [1.29, 1.82) is 0 Å². The molecule has 0 amide bonds. The number of morpholine rings is 1. The molecule has 7 heteroatoms. The van der Waals surface area contributed by atoms with Crippen LogP contribution in [-0.2, 0) is 9.47 Å². The number of aromatic nitrogens is 2. The molecule has 0 aliphatic carbocycles. The van der Waals surface area contributed by atoms with E-state index in [1.54, 1.807) is 6.20 Å². The van der Waals surface area contributed by atoms with Gasteiger partial charge in [0.15, 0.2) is 0 Å². The Morgan fingerprint density at radius 3 is 3.04 bits per heavy atom. The van der Waals surface area contributed by atoms with E-state index in [2.05, 4.69) is 15.2 Å². The zero-order valence-electron chi connectivity index (χ0n) is 14.6. The SMILES string of the molecule is Clc1cccc(C2CN(c3nccc(NC4CCCOC4)n3)CCO2)c1. The second-order valence-electron chi connectivity index (χ2n) is 6.66. The Morgan fingerprint density at radius 2 is 2.19 bits per heavy atom. The molecular formula is C19H23ClN4O2. The van der Waals surface area contributed by atoms with Crippen LogP contribution in [0.25, 0.3) is 0 Å². The van der Waals surface area contributed by atoms with Gasteiger partial charge < -0.3 is 19.7 Å². The van der Waals surface area contributed by atoms with Crippen LogP contribution in [0.4, 0.5) is 11.8 Å². The van der Waals surface area contributed by atoms with Crippen LogP contribution < -0.4 is 10.2 Å². The van der Waals surface area contributed by atoms with Gasteiger partial charge in [0.2, 0.25) is 5.95 Å². The van der Waals surface area contributed by atoms with Crippen LogP contribution in [0.3, 0.4) is 0 Å². The van der Waals surface area contributed by atoms with E-state index in [1.165, 1.54) is 0 Å². The molecule has 6 nitrogen and oxygen atoms in total. The highest BCUT2D eigenvalue weighted by Crippen LogP contribution is 2.26. The van der Waals surface area contributed by atoms with E-state index in [0.717, 1.165) is 55.0 Å². The Hall–Kier alpha value is -1.89. The van der Waals surface area contributed by atoms with E-state index in [0.29, 0.717) is 19.2 Å². The molecule has 3 heterocycles. The lowest BCUT2D eigenvalue weighted by atomic mass is 10.1. The molecule has 4 rings (SSSR count). The first-order valence-corrected chi connectivity index (χ1v) is 9.45. The van der Waals surface area contributed by atoms with Gasteiger partial charge in [-0.05, 0) is 36.6 Å². The second-order valence-corrected chi connectivity index (χ2v) is 7.10. The molecule has 2 fully saturated rings. The lowest BCUT2D eigenvalue weighted by Gasteiger charge is -2.33. The minimum atomic E-state index is -0.0330. The molecule has 2 aromatic rings. The predicted molar refractivity (Wildman–Crippen MR) is 102 cm³/mol. The summed E-state index contributed by atoms with van der Waals surface area (Å²) in [4.78, 5) is 11.3. The highest BCUT2D eigenvalue weighted by molar-refractivity contribution is 6.30. The third kappa shape index (κ3) is 4.26. The van der Waals surface area contributed by atoms with E-state index < -0.39 is 0 Å². The van der Waals surface area contributed by atoms with Gasteiger partial charge in [0.1, 0.15) is 11.9 Å². The molecule has 0 bridgehead atoms. The number of halogens is 1. The average Bonchev–Trinajstić information content (AvgIpc) is 2.69. The molecule has 2 aliphatic heterocycles. The fraction of sp³-hybridized carbons (Fsp3) is 0.474. The smallest absolute Gasteiger partial charge is 0.227 e. The number of nitrogens with zero attached hydrogens (tertiary/aromatic N) is 3. The van der Waals surface area contributed by atoms with Crippen LogP contribution in [0, 0.1) is 0 Å². The van der Waals surface area contributed by atoms with Gasteiger partial charge in [0.25, 0.3) is 0 Å². The molecule has 0 spiro atoms. The van der Waals surface area contributed by atoms with Gasteiger partial charge in [-0.15, -0.1) is 0 Å². The number of anilines is 2. The first kappa shape index (κ1) is 17.5. The normalized spacial score (nSPS) is 23.7. The molecule has 0 saturated carbocycles. The van der Waals surface area contributed by atoms with Crippen molar-refractivity contribution >= 4 is 23.4 Å². The van der Waals surface area contributed by atoms with Crippen molar-refractivity contribution in [3.05, 3.63) is 47.1 Å². The van der Waals surface area contributed by atoms with Gasteiger partial charge in [0, 0.05) is 24.4 Å². The van der Waals surface area contributed by atoms with Crippen LogP contribution >= 0.6 is 11.6 Å². The van der Waals surface area contributed by atoms with Gasteiger partial charge in [-0.3, -0.25) is 0 Å². The summed E-state index contributed by atoms with van der Waals surface area (Å²) in [6, 6.07) is 10.1. The van der Waals surface area contributed by atoms with Crippen LogP contribution in [0.15, 0.2) is 36.5 Å². The summed E-state index contributed by atoms with van der Waals surface area (Å²) in [5.41, 5.74) is 1.08. The third-order valence-electron chi connectivity index (χ3n) is 4.72. The molecule has 2 saturated heterocycles. The highest BCUT2D eigenvalue weighted by atomic mass is 35.5. The number of benzene rings is 1. The largest absolute Gasteiger partial charge is 0.379 e. The topological polar surface area (TPSA) is 59.5 Å². The molecule has 2 aliphatic rings. The van der Waals surface area contributed by atoms with E-state index >= 15 is 0 Å². The van der Waals surface area contributed by atoms with Crippen molar-refractivity contribution in [2.24, 2.45) is 0 Å². The lowest BCUT2D eigenvalue weighted by Crippen LogP contribution is -2.39. The maximum absolute atomic E-state index is 6.12. The summed E-state index contributed by atoms with van der Waals surface area (Å²) < 4.78 is 11.5. The van der Waals surface area contributed by atoms with Crippen molar-refractivity contribution in [1.82, 2.24) is 9.97 Å². The van der Waals surface area contributed by atoms with Crippen LogP contribution in [-0.4, -0.2) is 48.9 Å². The summed E-state index contributed by atoms with van der Waals surface area (Å²) in [5.74, 6) is 1.57. The van der Waals surface area contributed by atoms with E-state index in [4.69, 9.17) is 26.1 Å². The van der Waals surface area contributed by atoms with Crippen LogP contribution in [0.1, 0.15) is 24.5 Å². The molecule has 138 valence electrons. The zero-order valence-corrected chi connectivity index (χ0v) is 15.4. The fourth-order valence-electron chi connectivity index (χ4n) is 3.38. The first-order valence-electron chi connectivity index (χ1n) is 9.07. The molecule has 1 N–H and O–H groups in total. The molecule has 2 atom stereocenters. The summed E-state index contributed by atoms with van der Waals surface area (Å²) in [7, 11) is 0. The predicted octanol–water partition coefficient (Wildman–Crippen LogP) is 3.30.